The van der Waals surface area contributed by atoms with Gasteiger partial charge in [0.15, 0.2) is 0 Å². The maximum atomic E-state index is 13.3. The number of aryl methyl sites for hydroxylation is 1. The molecular formula is C29H39N3O2S. The first-order valence-corrected chi connectivity index (χ1v) is 14.0. The fourth-order valence-corrected chi connectivity index (χ4v) is 6.82. The molecule has 0 aliphatic carbocycles. The van der Waals surface area contributed by atoms with Crippen LogP contribution in [0.5, 0.6) is 0 Å². The van der Waals surface area contributed by atoms with Crippen molar-refractivity contribution in [1.29, 1.82) is 0 Å². The number of hydrogen-bond acceptors (Lipinski definition) is 3. The molecule has 3 amide bonds. The monoisotopic (exact) mass is 493 g/mol. The molecule has 6 heteroatoms. The lowest BCUT2D eigenvalue weighted by molar-refractivity contribution is -0.134. The molecule has 2 saturated heterocycles. The lowest BCUT2D eigenvalue weighted by Crippen LogP contribution is -2.54. The normalized spacial score (nSPS) is 17.4. The Balaban J connectivity index is 1.39. The van der Waals surface area contributed by atoms with E-state index in [9.17, 15) is 9.59 Å². The van der Waals surface area contributed by atoms with Gasteiger partial charge in [-0.05, 0) is 47.8 Å². The first kappa shape index (κ1) is 25.6. The van der Waals surface area contributed by atoms with Gasteiger partial charge in [-0.1, -0.05) is 76.2 Å². The van der Waals surface area contributed by atoms with Gasteiger partial charge in [-0.3, -0.25) is 4.79 Å². The van der Waals surface area contributed by atoms with Crippen molar-refractivity contribution in [2.24, 2.45) is 0 Å². The van der Waals surface area contributed by atoms with Gasteiger partial charge in [0, 0.05) is 37.5 Å². The third kappa shape index (κ3) is 5.69. The smallest absolute Gasteiger partial charge is 0.321 e. The van der Waals surface area contributed by atoms with Crippen LogP contribution in [0.15, 0.2) is 48.5 Å². The predicted octanol–water partition coefficient (Wildman–Crippen LogP) is 6.47. The second kappa shape index (κ2) is 11.1. The van der Waals surface area contributed by atoms with Crippen LogP contribution in [-0.2, 0) is 11.2 Å². The van der Waals surface area contributed by atoms with Crippen LogP contribution >= 0.6 is 11.8 Å². The van der Waals surface area contributed by atoms with E-state index in [4.69, 9.17) is 0 Å². The van der Waals surface area contributed by atoms with Gasteiger partial charge in [0.2, 0.25) is 5.91 Å². The second-order valence-corrected chi connectivity index (χ2v) is 11.8. The number of rotatable bonds is 6. The molecule has 0 radical (unpaired) electrons. The van der Waals surface area contributed by atoms with Crippen LogP contribution < -0.4 is 5.32 Å². The van der Waals surface area contributed by atoms with Crippen molar-refractivity contribution in [1.82, 2.24) is 9.80 Å². The molecule has 2 aliphatic heterocycles. The summed E-state index contributed by atoms with van der Waals surface area (Å²) in [6.45, 7) is 10.8. The molecule has 0 saturated carbocycles. The maximum absolute atomic E-state index is 13.3. The molecule has 0 aromatic heterocycles. The van der Waals surface area contributed by atoms with E-state index < -0.39 is 0 Å². The van der Waals surface area contributed by atoms with Gasteiger partial charge < -0.3 is 15.1 Å². The molecule has 4 rings (SSSR count). The molecule has 2 aliphatic rings. The summed E-state index contributed by atoms with van der Waals surface area (Å²) in [4.78, 5) is 30.4. The molecule has 1 N–H and O–H groups in total. The SMILES string of the molecule is CC(C)c1cccc(C(C)C)c1NC(=O)N1CCC2(CC1)SCCN2C(=O)CCc1ccccc1. The van der Waals surface area contributed by atoms with Crippen molar-refractivity contribution < 1.29 is 9.59 Å². The van der Waals surface area contributed by atoms with Gasteiger partial charge in [-0.2, -0.15) is 0 Å². The number of piperidine rings is 1. The van der Waals surface area contributed by atoms with Gasteiger partial charge in [-0.15, -0.1) is 11.8 Å². The first-order valence-electron chi connectivity index (χ1n) is 13.0. The third-order valence-electron chi connectivity index (χ3n) is 7.39. The molecule has 0 unspecified atom stereocenters. The molecule has 2 fully saturated rings. The van der Waals surface area contributed by atoms with Gasteiger partial charge >= 0.3 is 6.03 Å². The molecular weight excluding hydrogens is 454 g/mol. The number of hydrogen-bond donors (Lipinski definition) is 1. The highest BCUT2D eigenvalue weighted by Crippen LogP contribution is 2.44. The standard InChI is InChI=1S/C29H39N3O2S/c1-21(2)24-11-8-12-25(22(3)4)27(24)30-28(34)31-17-15-29(16-18-31)32(19-20-35-29)26(33)14-13-23-9-6-5-7-10-23/h5-12,21-22H,13-20H2,1-4H3,(H,30,34). The highest BCUT2D eigenvalue weighted by Gasteiger charge is 2.46. The van der Waals surface area contributed by atoms with E-state index in [1.807, 2.05) is 34.9 Å². The van der Waals surface area contributed by atoms with E-state index in [0.717, 1.165) is 37.2 Å². The van der Waals surface area contributed by atoms with Crippen LogP contribution in [0.2, 0.25) is 0 Å². The van der Waals surface area contributed by atoms with E-state index in [-0.39, 0.29) is 16.8 Å². The Hall–Kier alpha value is -2.47. The number of carbonyl (C=O) groups excluding carboxylic acids is 2. The molecule has 5 nitrogen and oxygen atoms in total. The summed E-state index contributed by atoms with van der Waals surface area (Å²) in [5.41, 5.74) is 4.53. The van der Waals surface area contributed by atoms with E-state index in [2.05, 4.69) is 68.2 Å². The summed E-state index contributed by atoms with van der Waals surface area (Å²) in [6.07, 6.45) is 2.97. The summed E-state index contributed by atoms with van der Waals surface area (Å²) >= 11 is 1.90. The number of nitrogens with one attached hydrogen (secondary N) is 1. The van der Waals surface area contributed by atoms with Crippen molar-refractivity contribution >= 4 is 29.4 Å². The molecule has 188 valence electrons. The Labute approximate surface area is 214 Å². The summed E-state index contributed by atoms with van der Waals surface area (Å²) < 4.78 is 0. The van der Waals surface area contributed by atoms with E-state index in [1.165, 1.54) is 16.7 Å². The van der Waals surface area contributed by atoms with E-state index in [0.29, 0.717) is 31.3 Å². The number of para-hydroxylation sites is 1. The van der Waals surface area contributed by atoms with Crippen LogP contribution in [0.3, 0.4) is 0 Å². The minimum atomic E-state index is -0.163. The summed E-state index contributed by atoms with van der Waals surface area (Å²) in [7, 11) is 0. The fraction of sp³-hybridized carbons (Fsp3) is 0.517. The minimum absolute atomic E-state index is 0.0280. The molecule has 1 spiro atoms. The quantitative estimate of drug-likeness (QED) is 0.502. The first-order chi connectivity index (χ1) is 16.8. The van der Waals surface area contributed by atoms with Gasteiger partial charge in [0.1, 0.15) is 0 Å². The average Bonchev–Trinajstić information content (AvgIpc) is 3.26. The second-order valence-electron chi connectivity index (χ2n) is 10.4. The molecule has 0 bridgehead atoms. The van der Waals surface area contributed by atoms with Crippen LogP contribution in [0.1, 0.15) is 75.5 Å². The number of benzene rings is 2. The van der Waals surface area contributed by atoms with Gasteiger partial charge in [-0.25, -0.2) is 4.79 Å². The summed E-state index contributed by atoms with van der Waals surface area (Å²) in [6, 6.07) is 16.5. The molecule has 2 heterocycles. The molecule has 35 heavy (non-hydrogen) atoms. The lowest BCUT2D eigenvalue weighted by atomic mass is 9.92. The molecule has 0 atom stereocenters. The number of urea groups is 1. The number of anilines is 1. The largest absolute Gasteiger partial charge is 0.327 e. The zero-order chi connectivity index (χ0) is 25.0. The fourth-order valence-electron chi connectivity index (χ4n) is 5.35. The summed E-state index contributed by atoms with van der Waals surface area (Å²) in [5, 5.41) is 3.26. The van der Waals surface area contributed by atoms with Crippen LogP contribution in [0.4, 0.5) is 10.5 Å². The highest BCUT2D eigenvalue weighted by molar-refractivity contribution is 8.00. The number of thioether (sulfide) groups is 1. The Morgan fingerprint density at radius 3 is 2.14 bits per heavy atom. The topological polar surface area (TPSA) is 52.7 Å². The number of nitrogens with zero attached hydrogens (tertiary/aromatic N) is 2. The van der Waals surface area contributed by atoms with Crippen LogP contribution in [0.25, 0.3) is 0 Å². The Morgan fingerprint density at radius 1 is 0.914 bits per heavy atom. The Bertz CT molecular complexity index is 1000. The zero-order valence-corrected chi connectivity index (χ0v) is 22.4. The number of amides is 3. The molecule has 2 aromatic rings. The van der Waals surface area contributed by atoms with Crippen LogP contribution in [-0.4, -0.2) is 52.0 Å². The maximum Gasteiger partial charge on any atom is 0.321 e. The number of likely N-dealkylation sites (tertiary alicyclic amines) is 1. The minimum Gasteiger partial charge on any atom is -0.327 e. The predicted molar refractivity (Wildman–Crippen MR) is 146 cm³/mol. The lowest BCUT2D eigenvalue weighted by Gasteiger charge is -2.44. The van der Waals surface area contributed by atoms with E-state index >= 15 is 0 Å². The van der Waals surface area contributed by atoms with Gasteiger partial charge in [0.25, 0.3) is 0 Å². The van der Waals surface area contributed by atoms with Crippen molar-refractivity contribution in [2.75, 3.05) is 30.7 Å². The van der Waals surface area contributed by atoms with Crippen molar-refractivity contribution in [2.45, 2.75) is 70.1 Å². The van der Waals surface area contributed by atoms with Gasteiger partial charge in [0.05, 0.1) is 4.87 Å². The average molecular weight is 494 g/mol. The Morgan fingerprint density at radius 2 is 1.54 bits per heavy atom. The zero-order valence-electron chi connectivity index (χ0n) is 21.5. The summed E-state index contributed by atoms with van der Waals surface area (Å²) in [5.74, 6) is 1.88. The van der Waals surface area contributed by atoms with Crippen LogP contribution in [0, 0.1) is 0 Å². The Kier molecular flexibility index (Phi) is 8.10. The van der Waals surface area contributed by atoms with Crippen molar-refractivity contribution in [3.8, 4) is 0 Å². The third-order valence-corrected chi connectivity index (χ3v) is 8.94. The van der Waals surface area contributed by atoms with Crippen molar-refractivity contribution in [3.63, 3.8) is 0 Å². The van der Waals surface area contributed by atoms with Crippen molar-refractivity contribution in [3.05, 3.63) is 65.2 Å². The van der Waals surface area contributed by atoms with E-state index in [1.54, 1.807) is 0 Å². The molecule has 2 aromatic carbocycles. The number of carbonyl (C=O) groups is 2. The highest BCUT2D eigenvalue weighted by atomic mass is 32.2.